The third-order valence-electron chi connectivity index (χ3n) is 5.54. The summed E-state index contributed by atoms with van der Waals surface area (Å²) in [6.07, 6.45) is 0. The highest BCUT2D eigenvalue weighted by molar-refractivity contribution is 6.35. The lowest BCUT2D eigenvalue weighted by Crippen LogP contribution is -2.48. The quantitative estimate of drug-likeness (QED) is 0.378. The summed E-state index contributed by atoms with van der Waals surface area (Å²) in [4.78, 5) is 4.82. The van der Waals surface area contributed by atoms with Gasteiger partial charge < -0.3 is 4.90 Å². The number of piperazine rings is 1. The third kappa shape index (κ3) is 4.90. The predicted molar refractivity (Wildman–Crippen MR) is 129 cm³/mol. The Kier molecular flexibility index (Phi) is 6.81. The van der Waals surface area contributed by atoms with Gasteiger partial charge in [0.15, 0.2) is 0 Å². The number of hydrogen-bond donors (Lipinski definition) is 0. The Morgan fingerprint density at radius 3 is 2.23 bits per heavy atom. The second kappa shape index (κ2) is 9.38. The number of hydrogen-bond acceptors (Lipinski definition) is 2. The van der Waals surface area contributed by atoms with Crippen molar-refractivity contribution in [2.75, 3.05) is 24.5 Å². The predicted octanol–water partition coefficient (Wildman–Crippen LogP) is 7.67. The zero-order valence-corrected chi connectivity index (χ0v) is 19.6. The van der Waals surface area contributed by atoms with E-state index in [1.807, 2.05) is 30.3 Å². The molecule has 2 nitrogen and oxygen atoms in total. The first-order valence-corrected chi connectivity index (χ1v) is 11.4. The summed E-state index contributed by atoms with van der Waals surface area (Å²) in [5, 5.41) is 2.87. The number of nitrogens with zero attached hydrogens (tertiary/aromatic N) is 2. The summed E-state index contributed by atoms with van der Waals surface area (Å²) in [5.74, 6) is 0. The highest BCUT2D eigenvalue weighted by Gasteiger charge is 2.30. The molecule has 0 amide bonds. The molecule has 0 aromatic heterocycles. The lowest BCUT2D eigenvalue weighted by molar-refractivity contribution is 0.215. The van der Waals surface area contributed by atoms with Crippen LogP contribution in [0.5, 0.6) is 0 Å². The first-order valence-electron chi connectivity index (χ1n) is 9.85. The van der Waals surface area contributed by atoms with Crippen molar-refractivity contribution in [1.82, 2.24) is 4.90 Å². The van der Waals surface area contributed by atoms with Crippen LogP contribution in [-0.2, 0) is 6.54 Å². The molecular weight excluding hydrogens is 458 g/mol. The Hall–Kier alpha value is -1.42. The molecule has 1 aliphatic rings. The fraction of sp³-hybridized carbons (Fsp3) is 0.250. The van der Waals surface area contributed by atoms with Crippen LogP contribution in [0, 0.1) is 6.92 Å². The van der Waals surface area contributed by atoms with Gasteiger partial charge >= 0.3 is 0 Å². The molecule has 1 unspecified atom stereocenters. The lowest BCUT2D eigenvalue weighted by Gasteiger charge is -2.43. The minimum atomic E-state index is 0.155. The van der Waals surface area contributed by atoms with Crippen molar-refractivity contribution in [3.63, 3.8) is 0 Å². The maximum absolute atomic E-state index is 6.64. The molecule has 1 aliphatic heterocycles. The van der Waals surface area contributed by atoms with Crippen molar-refractivity contribution in [3.8, 4) is 0 Å². The molecule has 156 valence electrons. The molecule has 6 heteroatoms. The van der Waals surface area contributed by atoms with E-state index in [1.54, 1.807) is 6.07 Å². The number of rotatable bonds is 4. The zero-order valence-electron chi connectivity index (χ0n) is 16.6. The van der Waals surface area contributed by atoms with Crippen molar-refractivity contribution in [1.29, 1.82) is 0 Å². The average Bonchev–Trinajstić information content (AvgIpc) is 2.71. The van der Waals surface area contributed by atoms with Gasteiger partial charge in [-0.05, 0) is 60.0 Å². The van der Waals surface area contributed by atoms with E-state index in [2.05, 4.69) is 41.0 Å². The van der Waals surface area contributed by atoms with Gasteiger partial charge in [-0.15, -0.1) is 0 Å². The Morgan fingerprint density at radius 2 is 1.53 bits per heavy atom. The molecule has 1 saturated heterocycles. The number of anilines is 1. The van der Waals surface area contributed by atoms with Gasteiger partial charge in [0.05, 0.1) is 16.8 Å². The molecule has 4 rings (SSSR count). The highest BCUT2D eigenvalue weighted by Crippen LogP contribution is 2.36. The van der Waals surface area contributed by atoms with Gasteiger partial charge in [0, 0.05) is 41.2 Å². The Balaban J connectivity index is 1.63. The van der Waals surface area contributed by atoms with E-state index in [1.165, 1.54) is 5.56 Å². The highest BCUT2D eigenvalue weighted by atomic mass is 35.5. The van der Waals surface area contributed by atoms with Crippen LogP contribution in [-0.4, -0.2) is 24.5 Å². The van der Waals surface area contributed by atoms with E-state index in [4.69, 9.17) is 46.4 Å². The summed E-state index contributed by atoms with van der Waals surface area (Å²) < 4.78 is 0. The fourth-order valence-electron chi connectivity index (χ4n) is 3.98. The summed E-state index contributed by atoms with van der Waals surface area (Å²) >= 11 is 25.3. The molecule has 0 saturated carbocycles. The van der Waals surface area contributed by atoms with Crippen LogP contribution in [0.25, 0.3) is 0 Å². The van der Waals surface area contributed by atoms with E-state index in [9.17, 15) is 0 Å². The largest absolute Gasteiger partial charge is 0.361 e. The summed E-state index contributed by atoms with van der Waals surface area (Å²) in [5.41, 5.74) is 4.51. The van der Waals surface area contributed by atoms with Crippen LogP contribution in [0.15, 0.2) is 60.7 Å². The van der Waals surface area contributed by atoms with Gasteiger partial charge in [0.25, 0.3) is 0 Å². The average molecular weight is 480 g/mol. The van der Waals surface area contributed by atoms with Crippen LogP contribution in [0.2, 0.25) is 20.1 Å². The van der Waals surface area contributed by atoms with E-state index < -0.39 is 0 Å². The molecule has 0 radical (unpaired) electrons. The molecular formula is C24H22Cl4N2. The van der Waals surface area contributed by atoms with Crippen molar-refractivity contribution in [2.24, 2.45) is 0 Å². The van der Waals surface area contributed by atoms with Gasteiger partial charge in [-0.1, -0.05) is 70.7 Å². The number of halogens is 4. The second-order valence-electron chi connectivity index (χ2n) is 7.69. The molecule has 3 aromatic carbocycles. The van der Waals surface area contributed by atoms with Crippen LogP contribution < -0.4 is 4.90 Å². The maximum Gasteiger partial charge on any atom is 0.0670 e. The van der Waals surface area contributed by atoms with Gasteiger partial charge in [0.2, 0.25) is 0 Å². The first-order chi connectivity index (χ1) is 14.4. The van der Waals surface area contributed by atoms with Gasteiger partial charge in [-0.2, -0.15) is 0 Å². The van der Waals surface area contributed by atoms with E-state index >= 15 is 0 Å². The molecule has 3 aromatic rings. The van der Waals surface area contributed by atoms with E-state index in [0.29, 0.717) is 10.0 Å². The smallest absolute Gasteiger partial charge is 0.0670 e. The Labute approximate surface area is 197 Å². The topological polar surface area (TPSA) is 6.48 Å². The third-order valence-corrected chi connectivity index (χ3v) is 6.68. The van der Waals surface area contributed by atoms with Crippen molar-refractivity contribution < 1.29 is 0 Å². The monoisotopic (exact) mass is 478 g/mol. The van der Waals surface area contributed by atoms with Crippen molar-refractivity contribution in [3.05, 3.63) is 97.4 Å². The molecule has 1 fully saturated rings. The van der Waals surface area contributed by atoms with Crippen LogP contribution in [0.4, 0.5) is 5.69 Å². The summed E-state index contributed by atoms with van der Waals surface area (Å²) in [6, 6.07) is 20.2. The molecule has 1 atom stereocenters. The minimum absolute atomic E-state index is 0.155. The zero-order chi connectivity index (χ0) is 21.3. The van der Waals surface area contributed by atoms with Crippen molar-refractivity contribution >= 4 is 52.1 Å². The molecule has 0 aliphatic carbocycles. The van der Waals surface area contributed by atoms with Gasteiger partial charge in [-0.25, -0.2) is 0 Å². The molecule has 0 bridgehead atoms. The molecule has 0 spiro atoms. The Bertz CT molecular complexity index is 1040. The Morgan fingerprint density at radius 1 is 0.800 bits per heavy atom. The first kappa shape index (κ1) is 21.8. The second-order valence-corrected chi connectivity index (χ2v) is 9.37. The fourth-order valence-corrected chi connectivity index (χ4v) is 4.92. The van der Waals surface area contributed by atoms with Gasteiger partial charge in [0.1, 0.15) is 0 Å². The molecule has 0 N–H and O–H groups in total. The molecule has 30 heavy (non-hydrogen) atoms. The van der Waals surface area contributed by atoms with E-state index in [-0.39, 0.29) is 6.04 Å². The minimum Gasteiger partial charge on any atom is -0.361 e. The standard InChI is InChI=1S/C24H22Cl4N2/c1-16-2-9-23(22(28)12-16)30-11-10-29(14-18-5-8-20(26)13-21(18)27)15-24(30)17-3-6-19(25)7-4-17/h2-9,12-13,24H,10-11,14-15H2,1H3. The SMILES string of the molecule is Cc1ccc(N2CCN(Cc3ccc(Cl)cc3Cl)CC2c2ccc(Cl)cc2)c(Cl)c1. The van der Waals surface area contributed by atoms with Crippen LogP contribution in [0.3, 0.4) is 0 Å². The lowest BCUT2D eigenvalue weighted by atomic mass is 10.0. The molecule has 1 heterocycles. The van der Waals surface area contributed by atoms with Crippen molar-refractivity contribution in [2.45, 2.75) is 19.5 Å². The summed E-state index contributed by atoms with van der Waals surface area (Å²) in [6.45, 7) is 5.45. The maximum atomic E-state index is 6.64. The van der Waals surface area contributed by atoms with Crippen LogP contribution >= 0.6 is 46.4 Å². The number of benzene rings is 3. The number of aryl methyl sites for hydroxylation is 1. The van der Waals surface area contributed by atoms with E-state index in [0.717, 1.165) is 53.0 Å². The van der Waals surface area contributed by atoms with Gasteiger partial charge in [-0.3, -0.25) is 4.90 Å². The summed E-state index contributed by atoms with van der Waals surface area (Å²) in [7, 11) is 0. The normalized spacial score (nSPS) is 17.4. The van der Waals surface area contributed by atoms with Crippen LogP contribution in [0.1, 0.15) is 22.7 Å².